The minimum Gasteiger partial charge on any atom is -0.496 e. The van der Waals surface area contributed by atoms with E-state index in [1.165, 1.54) is 29.0 Å². The molecule has 252 valence electrons. The summed E-state index contributed by atoms with van der Waals surface area (Å²) < 4.78 is 28.6. The summed E-state index contributed by atoms with van der Waals surface area (Å²) in [6, 6.07) is 14.8. The van der Waals surface area contributed by atoms with E-state index in [1.807, 2.05) is 11.1 Å². The third-order valence-electron chi connectivity index (χ3n) is 10.2. The molecule has 8 nitrogen and oxygen atoms in total. The summed E-state index contributed by atoms with van der Waals surface area (Å²) >= 11 is 1.76. The van der Waals surface area contributed by atoms with Crippen molar-refractivity contribution in [3.63, 3.8) is 0 Å². The summed E-state index contributed by atoms with van der Waals surface area (Å²) in [4.78, 5) is 34.5. The van der Waals surface area contributed by atoms with E-state index in [9.17, 15) is 18.0 Å². The van der Waals surface area contributed by atoms with Crippen LogP contribution in [0.2, 0.25) is 0 Å². The van der Waals surface area contributed by atoms with Gasteiger partial charge in [-0.15, -0.1) is 11.3 Å². The van der Waals surface area contributed by atoms with Crippen LogP contribution in [-0.2, 0) is 19.4 Å². The lowest BCUT2D eigenvalue weighted by atomic mass is 9.78. The summed E-state index contributed by atoms with van der Waals surface area (Å²) in [6.07, 6.45) is 12.5. The van der Waals surface area contributed by atoms with Gasteiger partial charge in [0.2, 0.25) is 11.8 Å². The highest BCUT2D eigenvalue weighted by Crippen LogP contribution is 2.44. The van der Waals surface area contributed by atoms with Crippen molar-refractivity contribution in [1.82, 2.24) is 10.3 Å². The quantitative estimate of drug-likeness (QED) is 0.234. The molecule has 6 rings (SSSR count). The van der Waals surface area contributed by atoms with Crippen molar-refractivity contribution < 1.29 is 22.7 Å². The molecular weight excluding hydrogens is 631 g/mol. The zero-order valence-corrected chi connectivity index (χ0v) is 29.4. The number of sulfone groups is 1. The molecule has 0 atom stereocenters. The van der Waals surface area contributed by atoms with Crippen LogP contribution in [0.5, 0.6) is 5.75 Å². The molecule has 3 aliphatic rings. The first-order valence-electron chi connectivity index (χ1n) is 17.1. The molecule has 1 N–H and O–H groups in total. The fourth-order valence-corrected chi connectivity index (χ4v) is 9.04. The van der Waals surface area contributed by atoms with E-state index in [2.05, 4.69) is 54.7 Å². The number of carbonyl (C=O) groups is 2. The van der Waals surface area contributed by atoms with Crippen LogP contribution in [0.15, 0.2) is 48.7 Å². The molecule has 3 fully saturated rings. The number of thiazole rings is 1. The lowest BCUT2D eigenvalue weighted by molar-refractivity contribution is -0.123. The molecule has 1 heterocycles. The predicted octanol–water partition coefficient (Wildman–Crippen LogP) is 7.03. The van der Waals surface area contributed by atoms with Crippen LogP contribution in [-0.4, -0.2) is 56.9 Å². The van der Waals surface area contributed by atoms with Crippen molar-refractivity contribution in [2.75, 3.05) is 30.6 Å². The van der Waals surface area contributed by atoms with Crippen LogP contribution < -0.4 is 15.0 Å². The topological polar surface area (TPSA) is 106 Å². The van der Waals surface area contributed by atoms with Gasteiger partial charge in [0.1, 0.15) is 11.5 Å². The van der Waals surface area contributed by atoms with Crippen LogP contribution in [0.1, 0.15) is 92.2 Å². The molecule has 2 amide bonds. The molecule has 0 radical (unpaired) electrons. The number of carbonyl (C=O) groups excluding carboxylic acids is 2. The van der Waals surface area contributed by atoms with Crippen LogP contribution in [0.3, 0.4) is 0 Å². The Kier molecular flexibility index (Phi) is 10.4. The normalized spacial score (nSPS) is 23.2. The van der Waals surface area contributed by atoms with Gasteiger partial charge in [-0.25, -0.2) is 13.4 Å². The molecular formula is C37H47N3O5S2. The van der Waals surface area contributed by atoms with Crippen LogP contribution in [0, 0.1) is 18.8 Å². The number of hydrogen-bond donors (Lipinski definition) is 1. The molecule has 0 saturated heterocycles. The minimum absolute atomic E-state index is 0.103. The van der Waals surface area contributed by atoms with Gasteiger partial charge in [-0.1, -0.05) is 24.3 Å². The number of benzene rings is 2. The maximum Gasteiger partial charge on any atom is 0.235 e. The maximum atomic E-state index is 14.4. The Labute approximate surface area is 283 Å². The van der Waals surface area contributed by atoms with Crippen LogP contribution in [0.25, 0.3) is 10.4 Å². The Morgan fingerprint density at radius 3 is 2.34 bits per heavy atom. The van der Waals surface area contributed by atoms with Crippen molar-refractivity contribution in [2.24, 2.45) is 11.8 Å². The van der Waals surface area contributed by atoms with Gasteiger partial charge in [0.15, 0.2) is 9.84 Å². The Balaban J connectivity index is 1.16. The molecule has 2 aromatic carbocycles. The number of anilines is 1. The number of nitrogens with zero attached hydrogens (tertiary/aromatic N) is 2. The van der Waals surface area contributed by atoms with Gasteiger partial charge < -0.3 is 15.0 Å². The van der Waals surface area contributed by atoms with Gasteiger partial charge in [-0.2, -0.15) is 0 Å². The molecule has 0 aliphatic heterocycles. The lowest BCUT2D eigenvalue weighted by Crippen LogP contribution is -2.45. The van der Waals surface area contributed by atoms with Crippen molar-refractivity contribution in [3.05, 3.63) is 64.8 Å². The van der Waals surface area contributed by atoms with Gasteiger partial charge in [-0.05, 0) is 118 Å². The molecule has 3 aromatic rings. The molecule has 3 saturated carbocycles. The number of amides is 2. The van der Waals surface area contributed by atoms with Crippen molar-refractivity contribution in [3.8, 4) is 16.2 Å². The Hall–Kier alpha value is -3.24. The molecule has 3 aliphatic carbocycles. The second-order valence-electron chi connectivity index (χ2n) is 14.0. The highest BCUT2D eigenvalue weighted by molar-refractivity contribution is 7.91. The summed E-state index contributed by atoms with van der Waals surface area (Å²) in [6.45, 7) is 2.79. The number of methoxy groups -OCH3 is 1. The minimum atomic E-state index is -3.38. The largest absolute Gasteiger partial charge is 0.496 e. The van der Waals surface area contributed by atoms with Crippen LogP contribution in [0.4, 0.5) is 5.69 Å². The molecule has 0 unspecified atom stereocenters. The summed E-state index contributed by atoms with van der Waals surface area (Å²) in [5, 5.41) is 4.08. The van der Waals surface area contributed by atoms with E-state index in [0.29, 0.717) is 50.0 Å². The second kappa shape index (κ2) is 14.5. The molecule has 10 heteroatoms. The number of rotatable bonds is 11. The first-order valence-corrected chi connectivity index (χ1v) is 19.9. The van der Waals surface area contributed by atoms with Crippen molar-refractivity contribution >= 4 is 38.7 Å². The number of ether oxygens (including phenoxy) is 1. The van der Waals surface area contributed by atoms with E-state index in [0.717, 1.165) is 53.8 Å². The third-order valence-corrected chi connectivity index (χ3v) is 12.2. The predicted molar refractivity (Wildman–Crippen MR) is 188 cm³/mol. The first kappa shape index (κ1) is 33.7. The van der Waals surface area contributed by atoms with E-state index in [4.69, 9.17) is 9.72 Å². The van der Waals surface area contributed by atoms with Gasteiger partial charge in [0, 0.05) is 42.6 Å². The maximum absolute atomic E-state index is 14.4. The Bertz CT molecular complexity index is 1680. The second-order valence-corrected chi connectivity index (χ2v) is 17.2. The Morgan fingerprint density at radius 2 is 1.68 bits per heavy atom. The zero-order valence-electron chi connectivity index (χ0n) is 27.7. The van der Waals surface area contributed by atoms with Crippen molar-refractivity contribution in [1.29, 1.82) is 0 Å². The first-order chi connectivity index (χ1) is 22.6. The van der Waals surface area contributed by atoms with Gasteiger partial charge in [0.25, 0.3) is 0 Å². The van der Waals surface area contributed by atoms with E-state index >= 15 is 0 Å². The smallest absolute Gasteiger partial charge is 0.235 e. The molecule has 0 spiro atoms. The Morgan fingerprint density at radius 1 is 0.957 bits per heavy atom. The fourth-order valence-electron chi connectivity index (χ4n) is 7.39. The number of aryl methyl sites for hydroxylation is 1. The average molecular weight is 678 g/mol. The van der Waals surface area contributed by atoms with Crippen molar-refractivity contribution in [2.45, 2.75) is 89.0 Å². The zero-order chi connectivity index (χ0) is 33.1. The molecule has 1 aromatic heterocycles. The van der Waals surface area contributed by atoms with E-state index in [-0.39, 0.29) is 17.9 Å². The third kappa shape index (κ3) is 8.62. The van der Waals surface area contributed by atoms with Gasteiger partial charge in [-0.3, -0.25) is 9.59 Å². The van der Waals surface area contributed by atoms with Gasteiger partial charge in [0.05, 0.1) is 17.0 Å². The summed E-state index contributed by atoms with van der Waals surface area (Å²) in [5.41, 5.74) is 4.57. The highest BCUT2D eigenvalue weighted by Gasteiger charge is 2.34. The number of aromatic nitrogens is 1. The highest BCUT2D eigenvalue weighted by atomic mass is 32.2. The lowest BCUT2D eigenvalue weighted by Gasteiger charge is -2.36. The number of hydrogen-bond acceptors (Lipinski definition) is 7. The summed E-state index contributed by atoms with van der Waals surface area (Å²) in [7, 11) is -1.67. The SMILES string of the molecule is COc1ccc([C@H]2CC[C@H](CN(c3cccc(-c4cnc(C5CC5)s4)c3)C(=O)[C@H]3CC[C@H](NC(=O)CS(C)(=O)=O)CC3)CC2)cc1C. The average Bonchev–Trinajstić information content (AvgIpc) is 3.79. The standard InChI is InChI=1S/C37H47N3O5S2/c1-24-19-29(15-18-33(24)45-2)26-9-7-25(8-10-26)22-40(32-6-4-5-30(20-32)34-21-38-36(46-34)27-11-12-27)37(42)28-13-16-31(17-14-28)39-35(41)23-47(3,43)44/h4-6,15,18-21,25-28,31H,7-14,16-17,22-23H2,1-3H3,(H,39,41)/t25-,26-,28-,31-. The number of nitrogens with one attached hydrogen (secondary N) is 1. The van der Waals surface area contributed by atoms with Crippen LogP contribution >= 0.6 is 11.3 Å². The van der Waals surface area contributed by atoms with E-state index < -0.39 is 21.5 Å². The molecule has 47 heavy (non-hydrogen) atoms. The van der Waals surface area contributed by atoms with E-state index in [1.54, 1.807) is 18.4 Å². The summed E-state index contributed by atoms with van der Waals surface area (Å²) in [5.74, 6) is 1.51. The fraction of sp³-hybridized carbons (Fsp3) is 0.541. The molecule has 0 bridgehead atoms. The monoisotopic (exact) mass is 677 g/mol. The van der Waals surface area contributed by atoms with Gasteiger partial charge >= 0.3 is 0 Å².